The highest BCUT2D eigenvalue weighted by Gasteiger charge is 2.33. The Balaban J connectivity index is 1.78. The van der Waals surface area contributed by atoms with Crippen LogP contribution in [0.3, 0.4) is 0 Å². The molecule has 0 fully saturated rings. The number of aromatic nitrogens is 2. The molecule has 8 heteroatoms. The summed E-state index contributed by atoms with van der Waals surface area (Å²) in [6.07, 6.45) is 2.60. The van der Waals surface area contributed by atoms with E-state index in [1.807, 2.05) is 41.9 Å². The minimum atomic E-state index is -0.419. The van der Waals surface area contributed by atoms with Crippen LogP contribution in [0.4, 0.5) is 11.4 Å². The minimum absolute atomic E-state index is 0.0318. The summed E-state index contributed by atoms with van der Waals surface area (Å²) >= 11 is 0. The highest BCUT2D eigenvalue weighted by atomic mass is 16.6. The van der Waals surface area contributed by atoms with Crippen LogP contribution < -0.4 is 5.01 Å². The first-order chi connectivity index (χ1) is 14.0. The summed E-state index contributed by atoms with van der Waals surface area (Å²) in [7, 11) is 0. The lowest BCUT2D eigenvalue weighted by atomic mass is 9.98. The van der Waals surface area contributed by atoms with Gasteiger partial charge in [0.1, 0.15) is 5.75 Å². The SMILES string of the molecule is CCn1cc(C2CC(c3ccccc3O)=NN2c2ccc([N+](=O)[O-])cc2)c(C)n1. The molecule has 0 saturated heterocycles. The predicted octanol–water partition coefficient (Wildman–Crippen LogP) is 4.18. The number of phenols is 1. The Labute approximate surface area is 167 Å². The number of rotatable bonds is 5. The fourth-order valence-electron chi connectivity index (χ4n) is 3.62. The molecule has 1 aliphatic heterocycles. The molecule has 1 aliphatic rings. The number of anilines is 1. The van der Waals surface area contributed by atoms with E-state index >= 15 is 0 Å². The number of hydrazone groups is 1. The lowest BCUT2D eigenvalue weighted by Crippen LogP contribution is -2.18. The van der Waals surface area contributed by atoms with Crippen LogP contribution in [-0.2, 0) is 6.54 Å². The summed E-state index contributed by atoms with van der Waals surface area (Å²) in [5.74, 6) is 0.177. The van der Waals surface area contributed by atoms with E-state index in [2.05, 4.69) is 5.10 Å². The molecule has 1 aromatic heterocycles. The number of aromatic hydroxyl groups is 1. The van der Waals surface area contributed by atoms with Crippen LogP contribution in [0.1, 0.15) is 36.2 Å². The van der Waals surface area contributed by atoms with Crippen molar-refractivity contribution in [2.45, 2.75) is 32.9 Å². The van der Waals surface area contributed by atoms with Crippen LogP contribution in [0.25, 0.3) is 0 Å². The van der Waals surface area contributed by atoms with E-state index in [1.54, 1.807) is 24.3 Å². The van der Waals surface area contributed by atoms with Crippen molar-refractivity contribution in [2.24, 2.45) is 5.10 Å². The molecule has 2 aromatic carbocycles. The van der Waals surface area contributed by atoms with Crippen molar-refractivity contribution in [1.29, 1.82) is 0 Å². The second-order valence-electron chi connectivity index (χ2n) is 6.93. The molecular weight excluding hydrogens is 370 g/mol. The summed E-state index contributed by atoms with van der Waals surface area (Å²) in [6, 6.07) is 13.3. The second kappa shape index (κ2) is 7.38. The van der Waals surface area contributed by atoms with Crippen molar-refractivity contribution < 1.29 is 10.0 Å². The van der Waals surface area contributed by atoms with Crippen molar-refractivity contribution in [3.05, 3.63) is 81.7 Å². The second-order valence-corrected chi connectivity index (χ2v) is 6.93. The summed E-state index contributed by atoms with van der Waals surface area (Å²) in [5.41, 5.74) is 4.17. The molecule has 8 nitrogen and oxygen atoms in total. The Morgan fingerprint density at radius 1 is 1.21 bits per heavy atom. The molecule has 1 N–H and O–H groups in total. The number of aryl methyl sites for hydroxylation is 2. The van der Waals surface area contributed by atoms with E-state index < -0.39 is 4.92 Å². The highest BCUT2D eigenvalue weighted by molar-refractivity contribution is 6.05. The minimum Gasteiger partial charge on any atom is -0.507 e. The van der Waals surface area contributed by atoms with Crippen LogP contribution >= 0.6 is 0 Å². The topological polar surface area (TPSA) is 96.8 Å². The molecule has 1 atom stereocenters. The molecule has 2 heterocycles. The molecule has 29 heavy (non-hydrogen) atoms. The first kappa shape index (κ1) is 18.7. The molecule has 0 aliphatic carbocycles. The van der Waals surface area contributed by atoms with E-state index in [-0.39, 0.29) is 17.5 Å². The number of hydrogen-bond acceptors (Lipinski definition) is 6. The number of nitro groups is 1. The standard InChI is InChI=1S/C21H21N5O3/c1-3-24-13-18(14(2)22-24)20-12-19(17-6-4-5-7-21(17)27)23-25(20)15-8-10-16(11-9-15)26(28)29/h4-11,13,20,27H,3,12H2,1-2H3. The van der Waals surface area contributed by atoms with E-state index in [9.17, 15) is 15.2 Å². The Morgan fingerprint density at radius 2 is 1.93 bits per heavy atom. The molecule has 0 spiro atoms. The maximum absolute atomic E-state index is 11.0. The van der Waals surface area contributed by atoms with Gasteiger partial charge in [-0.3, -0.25) is 19.8 Å². The molecule has 0 amide bonds. The van der Waals surface area contributed by atoms with Crippen molar-refractivity contribution in [3.63, 3.8) is 0 Å². The van der Waals surface area contributed by atoms with Gasteiger partial charge in [-0.2, -0.15) is 10.2 Å². The zero-order valence-corrected chi connectivity index (χ0v) is 16.2. The Kier molecular flexibility index (Phi) is 4.75. The number of non-ortho nitro benzene ring substituents is 1. The van der Waals surface area contributed by atoms with Crippen molar-refractivity contribution in [2.75, 3.05) is 5.01 Å². The van der Waals surface area contributed by atoms with Gasteiger partial charge >= 0.3 is 0 Å². The molecule has 3 aromatic rings. The number of nitro benzene ring substituents is 1. The lowest BCUT2D eigenvalue weighted by Gasteiger charge is -2.23. The van der Waals surface area contributed by atoms with Crippen LogP contribution in [0.2, 0.25) is 0 Å². The van der Waals surface area contributed by atoms with Crippen LogP contribution in [0.15, 0.2) is 59.8 Å². The first-order valence-electron chi connectivity index (χ1n) is 9.41. The summed E-state index contributed by atoms with van der Waals surface area (Å²) in [4.78, 5) is 10.6. The van der Waals surface area contributed by atoms with Gasteiger partial charge in [-0.1, -0.05) is 12.1 Å². The molecule has 1 unspecified atom stereocenters. The molecule has 0 saturated carbocycles. The molecular formula is C21H21N5O3. The predicted molar refractivity (Wildman–Crippen MR) is 110 cm³/mol. The van der Waals surface area contributed by atoms with Gasteiger partial charge in [0.15, 0.2) is 0 Å². The first-order valence-corrected chi connectivity index (χ1v) is 9.41. The van der Waals surface area contributed by atoms with Crippen molar-refractivity contribution >= 4 is 17.1 Å². The zero-order valence-electron chi connectivity index (χ0n) is 16.2. The maximum atomic E-state index is 11.0. The summed E-state index contributed by atoms with van der Waals surface area (Å²) in [5, 5.41) is 32.5. The average Bonchev–Trinajstić information content (AvgIpc) is 3.31. The highest BCUT2D eigenvalue weighted by Crippen LogP contribution is 2.39. The van der Waals surface area contributed by atoms with Crippen molar-refractivity contribution in [3.8, 4) is 5.75 Å². The number of hydrogen-bond donors (Lipinski definition) is 1. The largest absolute Gasteiger partial charge is 0.507 e. The third-order valence-corrected chi connectivity index (χ3v) is 5.12. The quantitative estimate of drug-likeness (QED) is 0.520. The molecule has 0 bridgehead atoms. The van der Waals surface area contributed by atoms with Gasteiger partial charge in [-0.05, 0) is 38.1 Å². The Hall–Kier alpha value is -3.68. The van der Waals surface area contributed by atoms with Gasteiger partial charge < -0.3 is 5.11 Å². The Bertz CT molecular complexity index is 1090. The fourth-order valence-corrected chi connectivity index (χ4v) is 3.62. The molecule has 4 rings (SSSR count). The monoisotopic (exact) mass is 391 g/mol. The lowest BCUT2D eigenvalue weighted by molar-refractivity contribution is -0.384. The third-order valence-electron chi connectivity index (χ3n) is 5.12. The number of phenolic OH excluding ortho intramolecular Hbond substituents is 1. The fraction of sp³-hybridized carbons (Fsp3) is 0.238. The van der Waals surface area contributed by atoms with E-state index in [4.69, 9.17) is 5.10 Å². The summed E-state index contributed by atoms with van der Waals surface area (Å²) in [6.45, 7) is 4.76. The average molecular weight is 391 g/mol. The van der Waals surface area contributed by atoms with Gasteiger partial charge in [-0.25, -0.2) is 0 Å². The van der Waals surface area contributed by atoms with E-state index in [1.165, 1.54) is 12.1 Å². The number of para-hydroxylation sites is 1. The van der Waals surface area contributed by atoms with Crippen LogP contribution in [0.5, 0.6) is 5.75 Å². The van der Waals surface area contributed by atoms with E-state index in [0.717, 1.165) is 29.2 Å². The summed E-state index contributed by atoms with van der Waals surface area (Å²) < 4.78 is 1.89. The van der Waals surface area contributed by atoms with E-state index in [0.29, 0.717) is 12.0 Å². The van der Waals surface area contributed by atoms with Crippen LogP contribution in [-0.4, -0.2) is 25.5 Å². The number of nitrogens with zero attached hydrogens (tertiary/aromatic N) is 5. The normalized spacial score (nSPS) is 16.1. The Morgan fingerprint density at radius 3 is 2.55 bits per heavy atom. The van der Waals surface area contributed by atoms with Gasteiger partial charge in [0.05, 0.1) is 28.1 Å². The van der Waals surface area contributed by atoms with Gasteiger partial charge in [0.2, 0.25) is 0 Å². The third kappa shape index (κ3) is 3.44. The number of benzene rings is 2. The van der Waals surface area contributed by atoms with Crippen molar-refractivity contribution in [1.82, 2.24) is 9.78 Å². The molecule has 148 valence electrons. The van der Waals surface area contributed by atoms with Gasteiger partial charge in [-0.15, -0.1) is 0 Å². The van der Waals surface area contributed by atoms with Gasteiger partial charge in [0, 0.05) is 42.4 Å². The zero-order chi connectivity index (χ0) is 20.5. The maximum Gasteiger partial charge on any atom is 0.269 e. The van der Waals surface area contributed by atoms with Gasteiger partial charge in [0.25, 0.3) is 5.69 Å². The van der Waals surface area contributed by atoms with Crippen LogP contribution in [0, 0.1) is 17.0 Å². The molecule has 0 radical (unpaired) electrons. The smallest absolute Gasteiger partial charge is 0.269 e.